The molecule has 45 heavy (non-hydrogen) atoms. The second kappa shape index (κ2) is 15.6. The molecule has 246 valence electrons. The maximum Gasteiger partial charge on any atom is 0.407 e. The van der Waals surface area contributed by atoms with E-state index >= 15 is 0 Å². The summed E-state index contributed by atoms with van der Waals surface area (Å²) in [4.78, 5) is 52.4. The third kappa shape index (κ3) is 8.75. The third-order valence-corrected chi connectivity index (χ3v) is 9.78. The standard InChI is InChI=1S/C29H40FN6O8P/c1-4-43-45(41,44-5-2)17-11-23(28(38)34-13-15-35(16-14-34)29(39)40)32-27(37)24-18-25(36-12-10-20(19-36)42-3)33-26(31-24)21-8-6-7-9-22(21)30/h6-9,18,20,23H,4-5,10-17,19H2,1-3H3,(H,32,37)(H,39,40)/t20-,23-/m0/s1. The lowest BCUT2D eigenvalue weighted by molar-refractivity contribution is -0.134. The molecule has 2 N–H and O–H groups in total. The van der Waals surface area contributed by atoms with Crippen molar-refractivity contribution < 1.29 is 42.2 Å². The van der Waals surface area contributed by atoms with Crippen LogP contribution in [0.15, 0.2) is 30.3 Å². The summed E-state index contributed by atoms with van der Waals surface area (Å²) in [7, 11) is -1.95. The fraction of sp³-hybridized carbons (Fsp3) is 0.552. The van der Waals surface area contributed by atoms with Crippen molar-refractivity contribution in [3.8, 4) is 11.4 Å². The Balaban J connectivity index is 1.64. The largest absolute Gasteiger partial charge is 0.465 e. The predicted octanol–water partition coefficient (Wildman–Crippen LogP) is 3.08. The minimum atomic E-state index is -3.57. The van der Waals surface area contributed by atoms with E-state index < -0.39 is 37.4 Å². The van der Waals surface area contributed by atoms with Gasteiger partial charge in [-0.15, -0.1) is 0 Å². The van der Waals surface area contributed by atoms with Crippen LogP contribution in [0.3, 0.4) is 0 Å². The molecule has 1 aromatic carbocycles. The van der Waals surface area contributed by atoms with Crippen LogP contribution in [0, 0.1) is 5.82 Å². The second-order valence-electron chi connectivity index (χ2n) is 10.6. The highest BCUT2D eigenvalue weighted by atomic mass is 31.2. The number of halogens is 1. The third-order valence-electron chi connectivity index (χ3n) is 7.67. The summed E-state index contributed by atoms with van der Waals surface area (Å²) >= 11 is 0. The zero-order valence-corrected chi connectivity index (χ0v) is 26.6. The summed E-state index contributed by atoms with van der Waals surface area (Å²) in [6.45, 7) is 5.17. The molecule has 3 amide bonds. The maximum atomic E-state index is 14.8. The van der Waals surface area contributed by atoms with Crippen molar-refractivity contribution in [2.24, 2.45) is 0 Å². The summed E-state index contributed by atoms with van der Waals surface area (Å²) in [6, 6.07) is 6.28. The minimum absolute atomic E-state index is 0.00137. The summed E-state index contributed by atoms with van der Waals surface area (Å²) in [5.41, 5.74) is 0.0135. The predicted molar refractivity (Wildman–Crippen MR) is 163 cm³/mol. The monoisotopic (exact) mass is 650 g/mol. The minimum Gasteiger partial charge on any atom is -0.465 e. The van der Waals surface area contributed by atoms with Crippen LogP contribution in [0.1, 0.15) is 37.2 Å². The van der Waals surface area contributed by atoms with E-state index in [4.69, 9.17) is 13.8 Å². The van der Waals surface area contributed by atoms with Gasteiger partial charge in [-0.05, 0) is 38.8 Å². The maximum absolute atomic E-state index is 14.8. The Hall–Kier alpha value is -3.65. The first-order valence-electron chi connectivity index (χ1n) is 14.9. The molecule has 2 aliphatic rings. The number of ether oxygens (including phenoxy) is 1. The Labute approximate surface area is 261 Å². The average Bonchev–Trinajstić information content (AvgIpc) is 3.52. The molecule has 2 aromatic rings. The van der Waals surface area contributed by atoms with Gasteiger partial charge in [0.1, 0.15) is 23.4 Å². The molecule has 0 saturated carbocycles. The van der Waals surface area contributed by atoms with Gasteiger partial charge in [0, 0.05) is 52.4 Å². The molecule has 0 unspecified atom stereocenters. The lowest BCUT2D eigenvalue weighted by Crippen LogP contribution is -2.56. The molecule has 1 aromatic heterocycles. The van der Waals surface area contributed by atoms with Crippen molar-refractivity contribution in [3.05, 3.63) is 41.8 Å². The molecule has 3 heterocycles. The van der Waals surface area contributed by atoms with E-state index in [0.717, 1.165) is 6.42 Å². The molecule has 2 atom stereocenters. The van der Waals surface area contributed by atoms with E-state index in [0.29, 0.717) is 18.9 Å². The van der Waals surface area contributed by atoms with E-state index in [9.17, 15) is 28.4 Å². The number of benzene rings is 1. The van der Waals surface area contributed by atoms with Crippen LogP contribution in [-0.2, 0) is 23.1 Å². The Morgan fingerprint density at radius 3 is 2.33 bits per heavy atom. The van der Waals surface area contributed by atoms with Gasteiger partial charge in [-0.3, -0.25) is 14.2 Å². The molecular weight excluding hydrogens is 610 g/mol. The number of carbonyl (C=O) groups excluding carboxylic acids is 2. The number of methoxy groups -OCH3 is 1. The van der Waals surface area contributed by atoms with E-state index in [2.05, 4.69) is 15.3 Å². The van der Waals surface area contributed by atoms with E-state index in [1.54, 1.807) is 27.0 Å². The van der Waals surface area contributed by atoms with Crippen LogP contribution in [0.5, 0.6) is 0 Å². The zero-order chi connectivity index (χ0) is 32.6. The average molecular weight is 651 g/mol. The smallest absolute Gasteiger partial charge is 0.407 e. The molecule has 0 bridgehead atoms. The number of nitrogens with one attached hydrogen (secondary N) is 1. The number of anilines is 1. The fourth-order valence-corrected chi connectivity index (χ4v) is 6.97. The summed E-state index contributed by atoms with van der Waals surface area (Å²) in [5.74, 6) is -1.35. The second-order valence-corrected chi connectivity index (χ2v) is 12.8. The van der Waals surface area contributed by atoms with Crippen LogP contribution in [0.2, 0.25) is 0 Å². The lowest BCUT2D eigenvalue weighted by atomic mass is 10.1. The summed E-state index contributed by atoms with van der Waals surface area (Å²) < 4.78 is 44.3. The molecule has 0 aliphatic carbocycles. The summed E-state index contributed by atoms with van der Waals surface area (Å²) in [5, 5.41) is 12.0. The number of carbonyl (C=O) groups is 3. The van der Waals surface area contributed by atoms with Crippen LogP contribution in [-0.4, -0.2) is 121 Å². The normalized spacial score (nSPS) is 17.8. The van der Waals surface area contributed by atoms with Gasteiger partial charge in [-0.25, -0.2) is 19.2 Å². The van der Waals surface area contributed by atoms with Crippen LogP contribution >= 0.6 is 7.60 Å². The number of carboxylic acid groups (broad SMARTS) is 1. The molecule has 2 fully saturated rings. The molecule has 2 aliphatic heterocycles. The molecule has 4 rings (SSSR count). The van der Waals surface area contributed by atoms with Crippen molar-refractivity contribution in [2.45, 2.75) is 38.8 Å². The van der Waals surface area contributed by atoms with Gasteiger partial charge in [0.15, 0.2) is 5.82 Å². The molecule has 16 heteroatoms. The van der Waals surface area contributed by atoms with Crippen molar-refractivity contribution in [3.63, 3.8) is 0 Å². The Morgan fingerprint density at radius 2 is 1.73 bits per heavy atom. The van der Waals surface area contributed by atoms with Gasteiger partial charge in [-0.1, -0.05) is 12.1 Å². The molecular formula is C29H40FN6O8P. The van der Waals surface area contributed by atoms with Crippen LogP contribution in [0.25, 0.3) is 11.4 Å². The quantitative estimate of drug-likeness (QED) is 0.306. The first-order chi connectivity index (χ1) is 21.6. The van der Waals surface area contributed by atoms with Crippen molar-refractivity contribution in [1.82, 2.24) is 25.1 Å². The number of hydrogen-bond acceptors (Lipinski definition) is 10. The molecule has 14 nitrogen and oxygen atoms in total. The van der Waals surface area contributed by atoms with Crippen LogP contribution < -0.4 is 10.2 Å². The molecule has 0 spiro atoms. The Kier molecular flexibility index (Phi) is 11.8. The Bertz CT molecular complexity index is 1400. The van der Waals surface area contributed by atoms with E-state index in [1.165, 1.54) is 34.1 Å². The number of rotatable bonds is 13. The number of piperazine rings is 1. The summed E-state index contributed by atoms with van der Waals surface area (Å²) in [6.07, 6.45) is -0.615. The van der Waals surface area contributed by atoms with Gasteiger partial charge >= 0.3 is 13.7 Å². The topological polar surface area (TPSA) is 164 Å². The number of nitrogens with zero attached hydrogens (tertiary/aromatic N) is 5. The number of hydrogen-bond donors (Lipinski definition) is 2. The van der Waals surface area contributed by atoms with Gasteiger partial charge in [0.05, 0.1) is 31.0 Å². The molecule has 0 radical (unpaired) electrons. The highest BCUT2D eigenvalue weighted by Gasteiger charge is 2.34. The Morgan fingerprint density at radius 1 is 1.07 bits per heavy atom. The van der Waals surface area contributed by atoms with Crippen molar-refractivity contribution >= 4 is 31.3 Å². The zero-order valence-electron chi connectivity index (χ0n) is 25.7. The number of amides is 3. The van der Waals surface area contributed by atoms with Crippen LogP contribution in [0.4, 0.5) is 15.0 Å². The number of aromatic nitrogens is 2. The van der Waals surface area contributed by atoms with Gasteiger partial charge in [-0.2, -0.15) is 0 Å². The first kappa shape index (κ1) is 34.2. The lowest BCUT2D eigenvalue weighted by Gasteiger charge is -2.35. The van der Waals surface area contributed by atoms with E-state index in [-0.39, 0.29) is 75.2 Å². The van der Waals surface area contributed by atoms with Crippen molar-refractivity contribution in [2.75, 3.05) is 70.7 Å². The molecule has 2 saturated heterocycles. The van der Waals surface area contributed by atoms with E-state index in [1.807, 2.05) is 4.90 Å². The highest BCUT2D eigenvalue weighted by Crippen LogP contribution is 2.48. The van der Waals surface area contributed by atoms with Gasteiger partial charge in [0.25, 0.3) is 5.91 Å². The first-order valence-corrected chi connectivity index (χ1v) is 16.7. The van der Waals surface area contributed by atoms with Gasteiger partial charge in [0.2, 0.25) is 5.91 Å². The van der Waals surface area contributed by atoms with Crippen molar-refractivity contribution in [1.29, 1.82) is 0 Å². The SMILES string of the molecule is CCOP(=O)(CC[C@H](NC(=O)c1cc(N2CC[C@H](OC)C2)nc(-c2ccccc2F)n1)C(=O)N1CCN(C(=O)O)CC1)OCC. The van der Waals surface area contributed by atoms with Gasteiger partial charge < -0.3 is 38.9 Å². The highest BCUT2D eigenvalue weighted by molar-refractivity contribution is 7.53. The fourth-order valence-electron chi connectivity index (χ4n) is 5.28.